The fraction of sp³-hybridized carbons (Fsp3) is 0.500. The minimum Gasteiger partial charge on any atom is -0.326 e. The normalized spacial score (nSPS) is 18.6. The van der Waals surface area contributed by atoms with Gasteiger partial charge in [-0.25, -0.2) is 4.39 Å². The standard InChI is InChI=1S/C16H21FN4O3S.H2S/c1-11-9-14(3-4-15(11)17)19-16(22)13-6-8-21(10-13)25(23,24)20-12(2)5-7-18;/h3-4,9,12-13,20H,5-6,8,10H2,1-2H3,(H,19,22);1H2/t12?,13-;/m0./s1. The van der Waals surface area contributed by atoms with Gasteiger partial charge in [-0.15, -0.1) is 0 Å². The SMILES string of the molecule is Cc1cc(NC(=O)[C@H]2CCN(S(=O)(=O)NC(C)CC#N)C2)ccc1F.S. The highest BCUT2D eigenvalue weighted by Crippen LogP contribution is 2.22. The average Bonchev–Trinajstić information content (AvgIpc) is 3.01. The zero-order valence-corrected chi connectivity index (χ0v) is 16.4. The van der Waals surface area contributed by atoms with Crippen LogP contribution in [0.4, 0.5) is 10.1 Å². The number of amides is 1. The topological polar surface area (TPSA) is 102 Å². The minimum absolute atomic E-state index is 0. The van der Waals surface area contributed by atoms with Gasteiger partial charge in [0, 0.05) is 24.8 Å². The maximum absolute atomic E-state index is 13.3. The van der Waals surface area contributed by atoms with Crippen molar-refractivity contribution in [1.29, 1.82) is 5.26 Å². The highest BCUT2D eigenvalue weighted by Gasteiger charge is 2.35. The summed E-state index contributed by atoms with van der Waals surface area (Å²) in [5, 5.41) is 11.3. The summed E-state index contributed by atoms with van der Waals surface area (Å²) >= 11 is 0. The second kappa shape index (κ2) is 9.32. The first-order valence-corrected chi connectivity index (χ1v) is 9.38. The van der Waals surface area contributed by atoms with Gasteiger partial charge >= 0.3 is 0 Å². The van der Waals surface area contributed by atoms with E-state index in [-0.39, 0.29) is 44.7 Å². The Balaban J connectivity index is 0.00000338. The van der Waals surface area contributed by atoms with Crippen LogP contribution >= 0.6 is 13.5 Å². The number of carbonyl (C=O) groups excluding carboxylic acids is 1. The van der Waals surface area contributed by atoms with Gasteiger partial charge in [0.15, 0.2) is 0 Å². The van der Waals surface area contributed by atoms with Crippen molar-refractivity contribution in [2.45, 2.75) is 32.7 Å². The van der Waals surface area contributed by atoms with E-state index < -0.39 is 22.2 Å². The van der Waals surface area contributed by atoms with E-state index in [1.807, 2.05) is 6.07 Å². The number of carbonyl (C=O) groups is 1. The van der Waals surface area contributed by atoms with Gasteiger partial charge in [-0.2, -0.15) is 36.2 Å². The fourth-order valence-corrected chi connectivity index (χ4v) is 4.10. The number of anilines is 1. The number of hydrogen-bond donors (Lipinski definition) is 2. The molecule has 1 aliphatic heterocycles. The molecule has 0 radical (unpaired) electrons. The molecule has 0 saturated carbocycles. The van der Waals surface area contributed by atoms with Gasteiger partial charge in [0.25, 0.3) is 10.2 Å². The summed E-state index contributed by atoms with van der Waals surface area (Å²) < 4.78 is 41.4. The summed E-state index contributed by atoms with van der Waals surface area (Å²) in [7, 11) is -3.73. The third-order valence-corrected chi connectivity index (χ3v) is 5.75. The van der Waals surface area contributed by atoms with Crippen molar-refractivity contribution in [2.75, 3.05) is 18.4 Å². The van der Waals surface area contributed by atoms with Crippen LogP contribution in [-0.4, -0.2) is 37.8 Å². The van der Waals surface area contributed by atoms with Crippen molar-refractivity contribution in [2.24, 2.45) is 5.92 Å². The minimum atomic E-state index is -3.73. The lowest BCUT2D eigenvalue weighted by Crippen LogP contribution is -2.43. The molecule has 1 aliphatic rings. The molecule has 0 aromatic heterocycles. The second-order valence-electron chi connectivity index (χ2n) is 6.18. The lowest BCUT2D eigenvalue weighted by atomic mass is 10.1. The molecule has 2 rings (SSSR count). The third-order valence-electron chi connectivity index (χ3n) is 4.03. The zero-order chi connectivity index (χ0) is 18.6. The molecule has 1 fully saturated rings. The van der Waals surface area contributed by atoms with Crippen molar-refractivity contribution < 1.29 is 17.6 Å². The number of benzene rings is 1. The van der Waals surface area contributed by atoms with Crippen LogP contribution in [0.5, 0.6) is 0 Å². The molecule has 26 heavy (non-hydrogen) atoms. The van der Waals surface area contributed by atoms with Crippen LogP contribution in [-0.2, 0) is 15.0 Å². The Bertz CT molecular complexity index is 795. The number of nitrogens with one attached hydrogen (secondary N) is 2. The Morgan fingerprint density at radius 2 is 2.19 bits per heavy atom. The first kappa shape index (κ1) is 22.4. The van der Waals surface area contributed by atoms with E-state index in [4.69, 9.17) is 5.26 Å². The van der Waals surface area contributed by atoms with E-state index in [1.54, 1.807) is 13.8 Å². The number of hydrogen-bond acceptors (Lipinski definition) is 4. The smallest absolute Gasteiger partial charge is 0.279 e. The number of nitrogens with zero attached hydrogens (tertiary/aromatic N) is 2. The molecule has 1 aromatic carbocycles. The van der Waals surface area contributed by atoms with E-state index in [0.29, 0.717) is 17.7 Å². The molecule has 0 spiro atoms. The molecule has 2 atom stereocenters. The van der Waals surface area contributed by atoms with Crippen LogP contribution in [0, 0.1) is 30.0 Å². The second-order valence-corrected chi connectivity index (χ2v) is 7.89. The molecule has 0 bridgehead atoms. The van der Waals surface area contributed by atoms with Crippen molar-refractivity contribution in [3.63, 3.8) is 0 Å². The van der Waals surface area contributed by atoms with Gasteiger partial charge < -0.3 is 5.32 Å². The quantitative estimate of drug-likeness (QED) is 0.755. The van der Waals surface area contributed by atoms with E-state index in [1.165, 1.54) is 22.5 Å². The van der Waals surface area contributed by atoms with Crippen molar-refractivity contribution >= 4 is 35.3 Å². The van der Waals surface area contributed by atoms with Gasteiger partial charge in [0.1, 0.15) is 5.82 Å². The summed E-state index contributed by atoms with van der Waals surface area (Å²) in [5.74, 6) is -1.13. The van der Waals surface area contributed by atoms with Crippen molar-refractivity contribution in [3.05, 3.63) is 29.6 Å². The van der Waals surface area contributed by atoms with Gasteiger partial charge in [0.2, 0.25) is 5.91 Å². The summed E-state index contributed by atoms with van der Waals surface area (Å²) in [6, 6.07) is 5.68. The molecule has 144 valence electrons. The van der Waals surface area contributed by atoms with E-state index in [0.717, 1.165) is 0 Å². The van der Waals surface area contributed by atoms with E-state index in [9.17, 15) is 17.6 Å². The Kier molecular flexibility index (Phi) is 8.02. The number of halogens is 1. The summed E-state index contributed by atoms with van der Waals surface area (Å²) in [6.07, 6.45) is 0.473. The molecule has 1 heterocycles. The third kappa shape index (κ3) is 5.67. The molecule has 1 amide bonds. The Morgan fingerprint density at radius 3 is 2.81 bits per heavy atom. The van der Waals surface area contributed by atoms with Crippen molar-refractivity contribution in [1.82, 2.24) is 9.03 Å². The van der Waals surface area contributed by atoms with Crippen LogP contribution in [0.15, 0.2) is 18.2 Å². The van der Waals surface area contributed by atoms with Gasteiger partial charge in [-0.1, -0.05) is 0 Å². The molecule has 0 aliphatic carbocycles. The van der Waals surface area contributed by atoms with Gasteiger partial charge in [-0.05, 0) is 44.0 Å². The summed E-state index contributed by atoms with van der Waals surface area (Å²) in [6.45, 7) is 3.51. The predicted molar refractivity (Wildman–Crippen MR) is 102 cm³/mol. The van der Waals surface area contributed by atoms with E-state index in [2.05, 4.69) is 10.0 Å². The molecular formula is C16H23FN4O3S2. The molecule has 1 unspecified atom stereocenters. The maximum Gasteiger partial charge on any atom is 0.279 e. The Hall–Kier alpha value is -1.67. The van der Waals surface area contributed by atoms with Crippen LogP contribution < -0.4 is 10.0 Å². The van der Waals surface area contributed by atoms with Crippen molar-refractivity contribution in [3.8, 4) is 6.07 Å². The zero-order valence-electron chi connectivity index (χ0n) is 14.6. The molecule has 2 N–H and O–H groups in total. The fourth-order valence-electron chi connectivity index (χ4n) is 2.63. The van der Waals surface area contributed by atoms with E-state index >= 15 is 0 Å². The Morgan fingerprint density at radius 1 is 1.50 bits per heavy atom. The number of aryl methyl sites for hydroxylation is 1. The highest BCUT2D eigenvalue weighted by molar-refractivity contribution is 7.87. The molecule has 7 nitrogen and oxygen atoms in total. The summed E-state index contributed by atoms with van der Waals surface area (Å²) in [4.78, 5) is 12.3. The highest BCUT2D eigenvalue weighted by atomic mass is 32.2. The molecule has 1 aromatic rings. The van der Waals surface area contributed by atoms with Gasteiger partial charge in [-0.3, -0.25) is 4.79 Å². The summed E-state index contributed by atoms with van der Waals surface area (Å²) in [5.41, 5.74) is 0.898. The molecule has 1 saturated heterocycles. The number of rotatable bonds is 6. The number of nitriles is 1. The predicted octanol–water partition coefficient (Wildman–Crippen LogP) is 1.64. The molecular weight excluding hydrogens is 379 g/mol. The van der Waals surface area contributed by atoms with Crippen LogP contribution in [0.1, 0.15) is 25.3 Å². The lowest BCUT2D eigenvalue weighted by molar-refractivity contribution is -0.119. The van der Waals surface area contributed by atoms with Crippen LogP contribution in [0.25, 0.3) is 0 Å². The van der Waals surface area contributed by atoms with Gasteiger partial charge in [0.05, 0.1) is 18.4 Å². The first-order valence-electron chi connectivity index (χ1n) is 7.94. The first-order chi connectivity index (χ1) is 11.7. The molecule has 10 heteroatoms. The average molecular weight is 403 g/mol. The lowest BCUT2D eigenvalue weighted by Gasteiger charge is -2.19. The Labute approximate surface area is 160 Å². The monoisotopic (exact) mass is 402 g/mol. The van der Waals surface area contributed by atoms with Crippen LogP contribution in [0.2, 0.25) is 0 Å². The van der Waals surface area contributed by atoms with Crippen LogP contribution in [0.3, 0.4) is 0 Å². The maximum atomic E-state index is 13.3. The largest absolute Gasteiger partial charge is 0.326 e.